The number of carbonyl (C=O) groups excluding carboxylic acids is 1. The number of hydrogen-bond acceptors (Lipinski definition) is 3. The van der Waals surface area contributed by atoms with E-state index in [1.807, 2.05) is 0 Å². The summed E-state index contributed by atoms with van der Waals surface area (Å²) in [6, 6.07) is 0.0360. The number of amides is 1. The Morgan fingerprint density at radius 2 is 2.17 bits per heavy atom. The zero-order chi connectivity index (χ0) is 9.14. The molecule has 2 N–H and O–H groups in total. The Bertz CT molecular complexity index is 170. The minimum Gasteiger partial charge on any atom is -0.444 e. The van der Waals surface area contributed by atoms with E-state index in [4.69, 9.17) is 10.5 Å². The first kappa shape index (κ1) is 9.32. The van der Waals surface area contributed by atoms with E-state index >= 15 is 0 Å². The van der Waals surface area contributed by atoms with E-state index in [-0.39, 0.29) is 18.2 Å². The summed E-state index contributed by atoms with van der Waals surface area (Å²) in [6.45, 7) is 0. The van der Waals surface area contributed by atoms with Gasteiger partial charge in [-0.15, -0.1) is 0 Å². The lowest BCUT2D eigenvalue weighted by molar-refractivity contribution is 0.0706. The van der Waals surface area contributed by atoms with E-state index in [2.05, 4.69) is 0 Å². The van der Waals surface area contributed by atoms with Gasteiger partial charge in [0.1, 0.15) is 6.10 Å². The normalized spacial score (nSPS) is 28.6. The third-order valence-electron chi connectivity index (χ3n) is 2.12. The fraction of sp³-hybridized carbons (Fsp3) is 0.875. The van der Waals surface area contributed by atoms with Crippen LogP contribution in [0.4, 0.5) is 4.79 Å². The van der Waals surface area contributed by atoms with Crippen molar-refractivity contribution in [3.63, 3.8) is 0 Å². The van der Waals surface area contributed by atoms with Gasteiger partial charge in [0.15, 0.2) is 0 Å². The second-order valence-electron chi connectivity index (χ2n) is 3.41. The van der Waals surface area contributed by atoms with Crippen molar-refractivity contribution < 1.29 is 9.53 Å². The zero-order valence-electron chi connectivity index (χ0n) is 7.62. The molecule has 0 bridgehead atoms. The van der Waals surface area contributed by atoms with Crippen LogP contribution in [0.25, 0.3) is 0 Å². The van der Waals surface area contributed by atoms with E-state index in [1.165, 1.54) is 4.90 Å². The van der Waals surface area contributed by atoms with Crippen LogP contribution in [0.2, 0.25) is 0 Å². The van der Waals surface area contributed by atoms with Crippen molar-refractivity contribution in [3.8, 4) is 0 Å². The molecule has 0 spiro atoms. The predicted octanol–water partition coefficient (Wildman–Crippen LogP) is 0.564. The second kappa shape index (κ2) is 3.76. The molecule has 4 nitrogen and oxygen atoms in total. The Morgan fingerprint density at radius 3 is 2.58 bits per heavy atom. The Hall–Kier alpha value is -0.770. The molecule has 0 aliphatic heterocycles. The third kappa shape index (κ3) is 2.11. The van der Waals surface area contributed by atoms with E-state index in [9.17, 15) is 4.79 Å². The van der Waals surface area contributed by atoms with Crippen molar-refractivity contribution in [3.05, 3.63) is 0 Å². The average Bonchev–Trinajstić information content (AvgIpc) is 2.36. The molecule has 0 radical (unpaired) electrons. The van der Waals surface area contributed by atoms with Crippen LogP contribution in [0, 0.1) is 0 Å². The molecular formula is C8H16N2O2. The van der Waals surface area contributed by atoms with E-state index in [0.717, 1.165) is 19.3 Å². The maximum atomic E-state index is 11.1. The maximum absolute atomic E-state index is 11.1. The maximum Gasteiger partial charge on any atom is 0.409 e. The first-order chi connectivity index (χ1) is 5.61. The van der Waals surface area contributed by atoms with Crippen LogP contribution in [0.15, 0.2) is 0 Å². The SMILES string of the molecule is CN(C)C(=O)OC1CCCC1N. The van der Waals surface area contributed by atoms with Gasteiger partial charge >= 0.3 is 6.09 Å². The summed E-state index contributed by atoms with van der Waals surface area (Å²) in [7, 11) is 3.34. The second-order valence-corrected chi connectivity index (χ2v) is 3.41. The van der Waals surface area contributed by atoms with Gasteiger partial charge in [-0.1, -0.05) is 0 Å². The fourth-order valence-electron chi connectivity index (χ4n) is 1.34. The van der Waals surface area contributed by atoms with Crippen LogP contribution in [0.1, 0.15) is 19.3 Å². The summed E-state index contributed by atoms with van der Waals surface area (Å²) in [5, 5.41) is 0. The monoisotopic (exact) mass is 172 g/mol. The van der Waals surface area contributed by atoms with Gasteiger partial charge in [0.25, 0.3) is 0 Å². The van der Waals surface area contributed by atoms with Gasteiger partial charge in [0.05, 0.1) is 0 Å². The molecule has 70 valence electrons. The van der Waals surface area contributed by atoms with Gasteiger partial charge in [-0.2, -0.15) is 0 Å². The Kier molecular flexibility index (Phi) is 2.92. The summed E-state index contributed by atoms with van der Waals surface area (Å²) in [5.74, 6) is 0. The quantitative estimate of drug-likeness (QED) is 0.629. The Balaban J connectivity index is 2.35. The van der Waals surface area contributed by atoms with Gasteiger partial charge in [0.2, 0.25) is 0 Å². The van der Waals surface area contributed by atoms with Crippen LogP contribution in [0.5, 0.6) is 0 Å². The molecule has 0 aromatic heterocycles. The zero-order valence-corrected chi connectivity index (χ0v) is 7.62. The molecule has 1 amide bonds. The molecule has 4 heteroatoms. The topological polar surface area (TPSA) is 55.6 Å². The molecule has 0 aromatic rings. The van der Waals surface area contributed by atoms with Crippen molar-refractivity contribution in [1.29, 1.82) is 0 Å². The molecule has 0 aromatic carbocycles. The van der Waals surface area contributed by atoms with E-state index in [1.54, 1.807) is 14.1 Å². The number of ether oxygens (including phenoxy) is 1. The Morgan fingerprint density at radius 1 is 1.50 bits per heavy atom. The van der Waals surface area contributed by atoms with Gasteiger partial charge in [-0.3, -0.25) is 0 Å². The number of nitrogens with zero attached hydrogens (tertiary/aromatic N) is 1. The van der Waals surface area contributed by atoms with Crippen LogP contribution in [-0.2, 0) is 4.74 Å². The van der Waals surface area contributed by atoms with Gasteiger partial charge in [-0.25, -0.2) is 4.79 Å². The number of rotatable bonds is 1. The molecule has 1 aliphatic carbocycles. The average molecular weight is 172 g/mol. The lowest BCUT2D eigenvalue weighted by Gasteiger charge is -2.19. The highest BCUT2D eigenvalue weighted by Crippen LogP contribution is 2.20. The number of hydrogen-bond donors (Lipinski definition) is 1. The molecular weight excluding hydrogens is 156 g/mol. The summed E-state index contributed by atoms with van der Waals surface area (Å²) in [4.78, 5) is 12.5. The fourth-order valence-corrected chi connectivity index (χ4v) is 1.34. The molecule has 1 saturated carbocycles. The van der Waals surface area contributed by atoms with Gasteiger partial charge in [0, 0.05) is 20.1 Å². The lowest BCUT2D eigenvalue weighted by Crippen LogP contribution is -2.36. The highest BCUT2D eigenvalue weighted by Gasteiger charge is 2.27. The van der Waals surface area contributed by atoms with Crippen molar-refractivity contribution in [1.82, 2.24) is 4.90 Å². The largest absolute Gasteiger partial charge is 0.444 e. The number of carbonyl (C=O) groups is 1. The van der Waals surface area contributed by atoms with E-state index < -0.39 is 0 Å². The highest BCUT2D eigenvalue weighted by molar-refractivity contribution is 5.67. The van der Waals surface area contributed by atoms with Crippen LogP contribution < -0.4 is 5.73 Å². The molecule has 2 atom stereocenters. The molecule has 0 heterocycles. The van der Waals surface area contributed by atoms with Crippen LogP contribution in [0.3, 0.4) is 0 Å². The standard InChI is InChI=1S/C8H16N2O2/c1-10(2)8(11)12-7-5-3-4-6(7)9/h6-7H,3-5,9H2,1-2H3. The van der Waals surface area contributed by atoms with Crippen molar-refractivity contribution in [2.45, 2.75) is 31.4 Å². The molecule has 2 unspecified atom stereocenters. The Labute approximate surface area is 72.7 Å². The summed E-state index contributed by atoms with van der Waals surface area (Å²) < 4.78 is 5.15. The van der Waals surface area contributed by atoms with Crippen LogP contribution in [-0.4, -0.2) is 37.2 Å². The predicted molar refractivity (Wildman–Crippen MR) is 45.8 cm³/mol. The minimum absolute atomic E-state index is 0.0360. The lowest BCUT2D eigenvalue weighted by atomic mass is 10.2. The third-order valence-corrected chi connectivity index (χ3v) is 2.12. The van der Waals surface area contributed by atoms with Crippen molar-refractivity contribution in [2.24, 2.45) is 5.73 Å². The number of nitrogens with two attached hydrogens (primary N) is 1. The first-order valence-corrected chi connectivity index (χ1v) is 4.25. The summed E-state index contributed by atoms with van der Waals surface area (Å²) in [5.41, 5.74) is 5.73. The van der Waals surface area contributed by atoms with Crippen LogP contribution >= 0.6 is 0 Å². The van der Waals surface area contributed by atoms with Gasteiger partial charge < -0.3 is 15.4 Å². The molecule has 12 heavy (non-hydrogen) atoms. The van der Waals surface area contributed by atoms with Crippen molar-refractivity contribution >= 4 is 6.09 Å². The summed E-state index contributed by atoms with van der Waals surface area (Å²) in [6.07, 6.45) is 2.57. The smallest absolute Gasteiger partial charge is 0.409 e. The first-order valence-electron chi connectivity index (χ1n) is 4.25. The van der Waals surface area contributed by atoms with E-state index in [0.29, 0.717) is 0 Å². The molecule has 1 rings (SSSR count). The minimum atomic E-state index is -0.294. The highest BCUT2D eigenvalue weighted by atomic mass is 16.6. The summed E-state index contributed by atoms with van der Waals surface area (Å²) >= 11 is 0. The van der Waals surface area contributed by atoms with Gasteiger partial charge in [-0.05, 0) is 19.3 Å². The molecule has 1 fully saturated rings. The molecule has 1 aliphatic rings. The van der Waals surface area contributed by atoms with Crippen molar-refractivity contribution in [2.75, 3.05) is 14.1 Å². The molecule has 0 saturated heterocycles.